The van der Waals surface area contributed by atoms with Gasteiger partial charge in [-0.1, -0.05) is 30.7 Å². The van der Waals surface area contributed by atoms with Crippen LogP contribution >= 0.6 is 22.9 Å². The maximum atomic E-state index is 9.22. The Morgan fingerprint density at radius 2 is 2.16 bits per heavy atom. The van der Waals surface area contributed by atoms with Gasteiger partial charge in [0.15, 0.2) is 0 Å². The Bertz CT molecular complexity index is 520. The summed E-state index contributed by atoms with van der Waals surface area (Å²) >= 11 is 7.56. The van der Waals surface area contributed by atoms with Crippen molar-refractivity contribution in [1.29, 1.82) is 0 Å². The van der Waals surface area contributed by atoms with Crippen molar-refractivity contribution in [2.24, 2.45) is 0 Å². The molecule has 0 fully saturated rings. The maximum absolute atomic E-state index is 9.22. The van der Waals surface area contributed by atoms with Gasteiger partial charge in [0.2, 0.25) is 0 Å². The van der Waals surface area contributed by atoms with Gasteiger partial charge >= 0.3 is 0 Å². The molecule has 1 aromatic carbocycles. The molecule has 2 rings (SSSR count). The number of rotatable bonds is 6. The largest absolute Gasteiger partial charge is 0.492 e. The fourth-order valence-electron chi connectivity index (χ4n) is 1.75. The third-order valence-corrected chi connectivity index (χ3v) is 4.17. The number of aromatic nitrogens is 1. The van der Waals surface area contributed by atoms with Crippen molar-refractivity contribution in [3.8, 4) is 5.75 Å². The van der Waals surface area contributed by atoms with E-state index < -0.39 is 0 Å². The summed E-state index contributed by atoms with van der Waals surface area (Å²) in [6.45, 7) is 2.63. The van der Waals surface area contributed by atoms with Gasteiger partial charge in [0.05, 0.1) is 33.8 Å². The van der Waals surface area contributed by atoms with E-state index in [1.54, 1.807) is 17.4 Å². The number of halogens is 1. The number of nitrogens with zero attached hydrogens (tertiary/aromatic N) is 1. The summed E-state index contributed by atoms with van der Waals surface area (Å²) in [7, 11) is 0. The summed E-state index contributed by atoms with van der Waals surface area (Å²) in [6, 6.07) is 7.42. The number of hydrogen-bond acceptors (Lipinski definition) is 4. The minimum Gasteiger partial charge on any atom is -0.492 e. The van der Waals surface area contributed by atoms with Crippen molar-refractivity contribution in [3.63, 3.8) is 0 Å². The average Bonchev–Trinajstić information content (AvgIpc) is 2.83. The SMILES string of the molecule is CCc1nc(CCOc2ccccc2Cl)sc1CO. The first kappa shape index (κ1) is 14.3. The zero-order chi connectivity index (χ0) is 13.7. The molecule has 1 N–H and O–H groups in total. The summed E-state index contributed by atoms with van der Waals surface area (Å²) in [5.41, 5.74) is 0.986. The molecule has 0 atom stereocenters. The molecule has 0 bridgehead atoms. The van der Waals surface area contributed by atoms with Crippen molar-refractivity contribution < 1.29 is 9.84 Å². The Morgan fingerprint density at radius 1 is 1.37 bits per heavy atom. The molecule has 1 heterocycles. The molecular formula is C14H16ClNO2S. The lowest BCUT2D eigenvalue weighted by Crippen LogP contribution is -2.01. The van der Waals surface area contributed by atoms with Crippen LogP contribution in [-0.2, 0) is 19.4 Å². The van der Waals surface area contributed by atoms with Crippen LogP contribution in [0.3, 0.4) is 0 Å². The first-order valence-corrected chi connectivity index (χ1v) is 7.39. The highest BCUT2D eigenvalue weighted by Gasteiger charge is 2.09. The standard InChI is InChI=1S/C14H16ClNO2S/c1-2-11-13(9-17)19-14(16-11)7-8-18-12-6-4-3-5-10(12)15/h3-6,17H,2,7-9H2,1H3. The zero-order valence-electron chi connectivity index (χ0n) is 10.7. The lowest BCUT2D eigenvalue weighted by molar-refractivity contribution is 0.284. The fraction of sp³-hybridized carbons (Fsp3) is 0.357. The zero-order valence-corrected chi connectivity index (χ0v) is 12.3. The molecule has 0 radical (unpaired) electrons. The Kier molecular flexibility index (Phi) is 5.19. The summed E-state index contributed by atoms with van der Waals surface area (Å²) in [6.07, 6.45) is 1.57. The highest BCUT2D eigenvalue weighted by molar-refractivity contribution is 7.11. The summed E-state index contributed by atoms with van der Waals surface area (Å²) in [5, 5.41) is 10.8. The first-order chi connectivity index (χ1) is 9.24. The van der Waals surface area contributed by atoms with E-state index in [9.17, 15) is 5.11 Å². The summed E-state index contributed by atoms with van der Waals surface area (Å²) in [4.78, 5) is 5.45. The van der Waals surface area contributed by atoms with Crippen molar-refractivity contribution in [2.75, 3.05) is 6.61 Å². The Hall–Kier alpha value is -1.10. The molecule has 102 valence electrons. The van der Waals surface area contributed by atoms with E-state index in [1.165, 1.54) is 0 Å². The number of aryl methyl sites for hydroxylation is 1. The molecule has 0 aliphatic heterocycles. The molecule has 0 aliphatic rings. The molecule has 0 saturated carbocycles. The highest BCUT2D eigenvalue weighted by Crippen LogP contribution is 2.24. The van der Waals surface area contributed by atoms with Crippen LogP contribution in [0, 0.1) is 0 Å². The normalized spacial score (nSPS) is 10.7. The van der Waals surface area contributed by atoms with E-state index in [0.29, 0.717) is 17.4 Å². The van der Waals surface area contributed by atoms with E-state index >= 15 is 0 Å². The Balaban J connectivity index is 1.92. The summed E-state index contributed by atoms with van der Waals surface area (Å²) < 4.78 is 5.63. The average molecular weight is 298 g/mol. The first-order valence-electron chi connectivity index (χ1n) is 6.20. The monoisotopic (exact) mass is 297 g/mol. The number of thiazole rings is 1. The molecule has 19 heavy (non-hydrogen) atoms. The molecule has 3 nitrogen and oxygen atoms in total. The maximum Gasteiger partial charge on any atom is 0.137 e. The van der Waals surface area contributed by atoms with Crippen molar-refractivity contribution in [1.82, 2.24) is 4.98 Å². The molecule has 0 aliphatic carbocycles. The van der Waals surface area contributed by atoms with Crippen LogP contribution in [0.15, 0.2) is 24.3 Å². The van der Waals surface area contributed by atoms with Crippen molar-refractivity contribution in [2.45, 2.75) is 26.4 Å². The van der Waals surface area contributed by atoms with E-state index in [4.69, 9.17) is 16.3 Å². The molecule has 5 heteroatoms. The number of benzene rings is 1. The smallest absolute Gasteiger partial charge is 0.137 e. The minimum atomic E-state index is 0.0617. The van der Waals surface area contributed by atoms with Crippen LogP contribution in [0.1, 0.15) is 22.5 Å². The second-order valence-corrected chi connectivity index (χ2v) is 5.59. The van der Waals surface area contributed by atoms with Gasteiger partial charge in [-0.05, 0) is 18.6 Å². The number of aliphatic hydroxyl groups excluding tert-OH is 1. The Labute approximate surface area is 121 Å². The highest BCUT2D eigenvalue weighted by atomic mass is 35.5. The van der Waals surface area contributed by atoms with Gasteiger partial charge < -0.3 is 9.84 Å². The van der Waals surface area contributed by atoms with E-state index in [0.717, 1.165) is 28.4 Å². The predicted octanol–water partition coefficient (Wildman–Crippen LogP) is 3.47. The lowest BCUT2D eigenvalue weighted by atomic mass is 10.3. The molecule has 0 saturated heterocycles. The van der Waals surface area contributed by atoms with Crippen LogP contribution in [-0.4, -0.2) is 16.7 Å². The molecule has 0 spiro atoms. The van der Waals surface area contributed by atoms with E-state index in [-0.39, 0.29) is 6.61 Å². The van der Waals surface area contributed by atoms with Crippen LogP contribution in [0.5, 0.6) is 5.75 Å². The van der Waals surface area contributed by atoms with E-state index in [1.807, 2.05) is 25.1 Å². The fourth-order valence-corrected chi connectivity index (χ4v) is 2.94. The van der Waals surface area contributed by atoms with Gasteiger partial charge in [-0.15, -0.1) is 11.3 Å². The van der Waals surface area contributed by atoms with Crippen molar-refractivity contribution in [3.05, 3.63) is 44.9 Å². The number of hydrogen-bond donors (Lipinski definition) is 1. The number of aliphatic hydroxyl groups is 1. The van der Waals surface area contributed by atoms with Crippen LogP contribution in [0.2, 0.25) is 5.02 Å². The molecule has 0 amide bonds. The molecule has 0 unspecified atom stereocenters. The van der Waals surface area contributed by atoms with Gasteiger partial charge in [-0.2, -0.15) is 0 Å². The number of ether oxygens (including phenoxy) is 1. The van der Waals surface area contributed by atoms with E-state index in [2.05, 4.69) is 4.98 Å². The Morgan fingerprint density at radius 3 is 2.79 bits per heavy atom. The second kappa shape index (κ2) is 6.89. The topological polar surface area (TPSA) is 42.4 Å². The number of para-hydroxylation sites is 1. The minimum absolute atomic E-state index is 0.0617. The predicted molar refractivity (Wildman–Crippen MR) is 78.1 cm³/mol. The van der Waals surface area contributed by atoms with Crippen LogP contribution in [0.4, 0.5) is 0 Å². The summed E-state index contributed by atoms with van der Waals surface area (Å²) in [5.74, 6) is 0.693. The van der Waals surface area contributed by atoms with Gasteiger partial charge in [0.25, 0.3) is 0 Å². The van der Waals surface area contributed by atoms with Crippen LogP contribution in [0.25, 0.3) is 0 Å². The third kappa shape index (κ3) is 3.69. The van der Waals surface area contributed by atoms with Gasteiger partial charge in [-0.3, -0.25) is 0 Å². The van der Waals surface area contributed by atoms with Crippen LogP contribution < -0.4 is 4.74 Å². The molecule has 2 aromatic rings. The van der Waals surface area contributed by atoms with Gasteiger partial charge in [-0.25, -0.2) is 4.98 Å². The lowest BCUT2D eigenvalue weighted by Gasteiger charge is -2.06. The third-order valence-electron chi connectivity index (χ3n) is 2.71. The molecular weight excluding hydrogens is 282 g/mol. The molecule has 1 aromatic heterocycles. The second-order valence-electron chi connectivity index (χ2n) is 4.02. The van der Waals surface area contributed by atoms with Gasteiger partial charge in [0.1, 0.15) is 5.75 Å². The quantitative estimate of drug-likeness (QED) is 0.888. The van der Waals surface area contributed by atoms with Crippen molar-refractivity contribution >= 4 is 22.9 Å². The van der Waals surface area contributed by atoms with Gasteiger partial charge in [0, 0.05) is 6.42 Å².